The highest BCUT2D eigenvalue weighted by Gasteiger charge is 2.21. The zero-order valence-corrected chi connectivity index (χ0v) is 13.3. The Hall–Kier alpha value is -1.60. The zero-order valence-electron chi connectivity index (χ0n) is 11.7. The third-order valence-electron chi connectivity index (χ3n) is 3.46. The van der Waals surface area contributed by atoms with Crippen molar-refractivity contribution in [1.29, 1.82) is 0 Å². The Labute approximate surface area is 132 Å². The molecule has 3 N–H and O–H groups in total. The predicted octanol–water partition coefficient (Wildman–Crippen LogP) is 2.56. The summed E-state index contributed by atoms with van der Waals surface area (Å²) in [6.45, 7) is 3.83. The number of nitrogens with two attached hydrogens (primary N) is 1. The first kappa shape index (κ1) is 14.3. The van der Waals surface area contributed by atoms with Gasteiger partial charge in [0, 0.05) is 30.6 Å². The number of hydrogen-bond donors (Lipinski definition) is 2. The van der Waals surface area contributed by atoms with E-state index in [1.54, 1.807) is 17.4 Å². The van der Waals surface area contributed by atoms with E-state index in [1.165, 1.54) is 0 Å². The number of piperidine rings is 1. The number of nitrogens with zero attached hydrogens (tertiary/aromatic N) is 4. The number of nitrogens with one attached hydrogen (secondary N) is 1. The largest absolute Gasteiger partial charge is 0.368 e. The topological polar surface area (TPSA) is 80.0 Å². The van der Waals surface area contributed by atoms with Crippen molar-refractivity contribution in [3.05, 3.63) is 22.3 Å². The van der Waals surface area contributed by atoms with Gasteiger partial charge in [-0.15, -0.1) is 11.3 Å². The summed E-state index contributed by atoms with van der Waals surface area (Å²) in [6, 6.07) is 2.21. The van der Waals surface area contributed by atoms with Crippen LogP contribution in [0.1, 0.15) is 18.5 Å². The number of halogens is 1. The van der Waals surface area contributed by atoms with Crippen molar-refractivity contribution in [2.45, 2.75) is 25.8 Å². The van der Waals surface area contributed by atoms with Crippen LogP contribution in [0.4, 0.5) is 16.9 Å². The van der Waals surface area contributed by atoms with Crippen molar-refractivity contribution in [2.24, 2.45) is 0 Å². The summed E-state index contributed by atoms with van der Waals surface area (Å²) in [7, 11) is 0. The smallest absolute Gasteiger partial charge is 0.223 e. The summed E-state index contributed by atoms with van der Waals surface area (Å²) in [4.78, 5) is 14.8. The molecule has 0 amide bonds. The summed E-state index contributed by atoms with van der Waals surface area (Å²) >= 11 is 7.58. The highest BCUT2D eigenvalue weighted by Crippen LogP contribution is 2.24. The maximum atomic E-state index is 5.93. The van der Waals surface area contributed by atoms with Crippen LogP contribution in [-0.4, -0.2) is 34.1 Å². The standard InChI is InChI=1S/C13H17ClN6S/c1-8-7-21-13(16-8)17-9-2-4-20(5-3-9)11-6-10(14)18-12(15)19-11/h6-7,9H,2-5H2,1H3,(H,16,17)(H2,15,18,19). The Bertz CT molecular complexity index is 603. The van der Waals surface area contributed by atoms with E-state index >= 15 is 0 Å². The molecule has 0 saturated carbocycles. The number of nitrogen functional groups attached to an aromatic ring is 1. The minimum atomic E-state index is 0.219. The molecule has 1 saturated heterocycles. The van der Waals surface area contributed by atoms with Crippen molar-refractivity contribution >= 4 is 39.8 Å². The van der Waals surface area contributed by atoms with Crippen molar-refractivity contribution < 1.29 is 0 Å². The van der Waals surface area contributed by atoms with Crippen molar-refractivity contribution in [3.8, 4) is 0 Å². The second-order valence-electron chi connectivity index (χ2n) is 5.11. The quantitative estimate of drug-likeness (QED) is 0.845. The molecule has 0 aliphatic carbocycles. The second kappa shape index (κ2) is 6.03. The van der Waals surface area contributed by atoms with Crippen LogP contribution in [0, 0.1) is 6.92 Å². The molecule has 1 aliphatic heterocycles. The van der Waals surface area contributed by atoms with E-state index in [0.29, 0.717) is 11.2 Å². The van der Waals surface area contributed by atoms with E-state index in [2.05, 4.69) is 30.5 Å². The Balaban J connectivity index is 1.59. The van der Waals surface area contributed by atoms with Crippen molar-refractivity contribution in [2.75, 3.05) is 29.0 Å². The van der Waals surface area contributed by atoms with Gasteiger partial charge in [-0.2, -0.15) is 4.98 Å². The third kappa shape index (κ3) is 3.54. The maximum Gasteiger partial charge on any atom is 0.223 e. The van der Waals surface area contributed by atoms with Crippen LogP contribution in [0.15, 0.2) is 11.4 Å². The molecule has 0 spiro atoms. The molecule has 8 heteroatoms. The third-order valence-corrected chi connectivity index (χ3v) is 4.55. The molecule has 21 heavy (non-hydrogen) atoms. The predicted molar refractivity (Wildman–Crippen MR) is 87.2 cm³/mol. The van der Waals surface area contributed by atoms with Gasteiger partial charge in [0.1, 0.15) is 11.0 Å². The van der Waals surface area contributed by atoms with Crippen LogP contribution >= 0.6 is 22.9 Å². The Morgan fingerprint density at radius 2 is 2.10 bits per heavy atom. The highest BCUT2D eigenvalue weighted by atomic mass is 35.5. The molecule has 2 aromatic heterocycles. The summed E-state index contributed by atoms with van der Waals surface area (Å²) in [5.74, 6) is 1.02. The molecule has 0 aromatic carbocycles. The lowest BCUT2D eigenvalue weighted by Crippen LogP contribution is -2.39. The van der Waals surface area contributed by atoms with Gasteiger partial charge in [0.05, 0.1) is 5.69 Å². The first-order valence-corrected chi connectivity index (χ1v) is 8.09. The van der Waals surface area contributed by atoms with E-state index in [0.717, 1.165) is 42.6 Å². The van der Waals surface area contributed by atoms with Gasteiger partial charge in [-0.3, -0.25) is 0 Å². The van der Waals surface area contributed by atoms with Crippen LogP contribution in [0.25, 0.3) is 0 Å². The van der Waals surface area contributed by atoms with Crippen LogP contribution in [0.3, 0.4) is 0 Å². The molecule has 112 valence electrons. The minimum absolute atomic E-state index is 0.219. The van der Waals surface area contributed by atoms with E-state index in [-0.39, 0.29) is 5.95 Å². The fourth-order valence-electron chi connectivity index (χ4n) is 2.43. The van der Waals surface area contributed by atoms with Crippen LogP contribution < -0.4 is 16.0 Å². The lowest BCUT2D eigenvalue weighted by molar-refractivity contribution is 0.523. The molecule has 1 fully saturated rings. The second-order valence-corrected chi connectivity index (χ2v) is 6.35. The number of aromatic nitrogens is 3. The fourth-order valence-corrected chi connectivity index (χ4v) is 3.38. The molecule has 0 atom stereocenters. The normalized spacial score (nSPS) is 16.2. The van der Waals surface area contributed by atoms with E-state index in [1.807, 2.05) is 6.92 Å². The molecular weight excluding hydrogens is 308 g/mol. The Morgan fingerprint density at radius 1 is 1.33 bits per heavy atom. The fraction of sp³-hybridized carbons (Fsp3) is 0.462. The lowest BCUT2D eigenvalue weighted by Gasteiger charge is -2.33. The number of hydrogen-bond acceptors (Lipinski definition) is 7. The average Bonchev–Trinajstić information content (AvgIpc) is 2.84. The lowest BCUT2D eigenvalue weighted by atomic mass is 10.1. The minimum Gasteiger partial charge on any atom is -0.368 e. The maximum absolute atomic E-state index is 5.93. The first-order chi connectivity index (χ1) is 10.1. The van der Waals surface area contributed by atoms with Crippen LogP contribution in [0.5, 0.6) is 0 Å². The average molecular weight is 325 g/mol. The molecule has 1 aliphatic rings. The van der Waals surface area contributed by atoms with Gasteiger partial charge in [0.15, 0.2) is 5.13 Å². The van der Waals surface area contributed by atoms with Gasteiger partial charge >= 0.3 is 0 Å². The summed E-state index contributed by atoms with van der Waals surface area (Å²) < 4.78 is 0. The Kier molecular flexibility index (Phi) is 4.12. The number of anilines is 3. The van der Waals surface area contributed by atoms with Gasteiger partial charge in [-0.05, 0) is 19.8 Å². The van der Waals surface area contributed by atoms with E-state index < -0.39 is 0 Å². The number of aryl methyl sites for hydroxylation is 1. The van der Waals surface area contributed by atoms with Gasteiger partial charge in [-0.1, -0.05) is 11.6 Å². The summed E-state index contributed by atoms with van der Waals surface area (Å²) in [5.41, 5.74) is 6.71. The van der Waals surface area contributed by atoms with Gasteiger partial charge in [0.25, 0.3) is 0 Å². The first-order valence-electron chi connectivity index (χ1n) is 6.84. The SMILES string of the molecule is Cc1csc(NC2CCN(c3cc(Cl)nc(N)n3)CC2)n1. The Morgan fingerprint density at radius 3 is 2.71 bits per heavy atom. The molecule has 3 rings (SSSR count). The van der Waals surface area contributed by atoms with Crippen LogP contribution in [-0.2, 0) is 0 Å². The highest BCUT2D eigenvalue weighted by molar-refractivity contribution is 7.13. The molecule has 3 heterocycles. The van der Waals surface area contributed by atoms with Crippen molar-refractivity contribution in [1.82, 2.24) is 15.0 Å². The summed E-state index contributed by atoms with van der Waals surface area (Å²) in [6.07, 6.45) is 2.06. The molecule has 2 aromatic rings. The molecule has 0 radical (unpaired) electrons. The molecule has 6 nitrogen and oxygen atoms in total. The van der Waals surface area contributed by atoms with Gasteiger partial charge in [-0.25, -0.2) is 9.97 Å². The monoisotopic (exact) mass is 324 g/mol. The van der Waals surface area contributed by atoms with E-state index in [4.69, 9.17) is 17.3 Å². The van der Waals surface area contributed by atoms with Crippen molar-refractivity contribution in [3.63, 3.8) is 0 Å². The van der Waals surface area contributed by atoms with Gasteiger partial charge in [0.2, 0.25) is 5.95 Å². The van der Waals surface area contributed by atoms with Crippen LogP contribution in [0.2, 0.25) is 5.15 Å². The van der Waals surface area contributed by atoms with Gasteiger partial charge < -0.3 is 16.0 Å². The van der Waals surface area contributed by atoms with E-state index in [9.17, 15) is 0 Å². The molecule has 0 bridgehead atoms. The molecular formula is C13H17ClN6S. The number of rotatable bonds is 3. The number of thiazole rings is 1. The summed E-state index contributed by atoms with van der Waals surface area (Å²) in [5, 5.41) is 6.94. The molecule has 0 unspecified atom stereocenters. The zero-order chi connectivity index (χ0) is 14.8.